The van der Waals surface area contributed by atoms with E-state index >= 15 is 0 Å². The third kappa shape index (κ3) is 2.82. The summed E-state index contributed by atoms with van der Waals surface area (Å²) in [5.41, 5.74) is 2.68. The molecule has 2 aliphatic carbocycles. The highest BCUT2D eigenvalue weighted by molar-refractivity contribution is 5.47. The lowest BCUT2D eigenvalue weighted by atomic mass is 9.77. The predicted molar refractivity (Wildman–Crippen MR) is 82.9 cm³/mol. The molecule has 3 nitrogen and oxygen atoms in total. The van der Waals surface area contributed by atoms with Gasteiger partial charge in [0.25, 0.3) is 0 Å². The smallest absolute Gasteiger partial charge is 0.133 e. The summed E-state index contributed by atoms with van der Waals surface area (Å²) in [6, 6.07) is 0.602. The summed E-state index contributed by atoms with van der Waals surface area (Å²) in [5, 5.41) is 3.79. The van der Waals surface area contributed by atoms with Gasteiger partial charge >= 0.3 is 0 Å². The van der Waals surface area contributed by atoms with E-state index in [4.69, 9.17) is 0 Å². The SMILES string of the molecule is CC(C)C1CCCCC1Nc1ncnc2c1CCCC2. The van der Waals surface area contributed by atoms with E-state index in [1.807, 2.05) is 0 Å². The molecule has 1 fully saturated rings. The van der Waals surface area contributed by atoms with Crippen molar-refractivity contribution >= 4 is 5.82 Å². The van der Waals surface area contributed by atoms with Crippen LogP contribution in [0.15, 0.2) is 6.33 Å². The minimum Gasteiger partial charge on any atom is -0.367 e. The molecule has 0 aromatic carbocycles. The molecule has 0 bridgehead atoms. The lowest BCUT2D eigenvalue weighted by molar-refractivity contribution is 0.253. The third-order valence-electron chi connectivity index (χ3n) is 5.12. The molecule has 0 radical (unpaired) electrons. The molecule has 110 valence electrons. The molecule has 0 aliphatic heterocycles. The van der Waals surface area contributed by atoms with Crippen LogP contribution in [0.3, 0.4) is 0 Å². The highest BCUT2D eigenvalue weighted by Gasteiger charge is 2.28. The van der Waals surface area contributed by atoms with Gasteiger partial charge in [0, 0.05) is 17.3 Å². The lowest BCUT2D eigenvalue weighted by Crippen LogP contribution is -2.36. The van der Waals surface area contributed by atoms with Crippen molar-refractivity contribution in [2.45, 2.75) is 71.3 Å². The maximum Gasteiger partial charge on any atom is 0.133 e. The Kier molecular flexibility index (Phi) is 4.23. The Morgan fingerprint density at radius 3 is 2.70 bits per heavy atom. The number of hydrogen-bond donors (Lipinski definition) is 1. The number of rotatable bonds is 3. The van der Waals surface area contributed by atoms with Crippen LogP contribution in [0.5, 0.6) is 0 Å². The zero-order chi connectivity index (χ0) is 13.9. The van der Waals surface area contributed by atoms with E-state index in [1.165, 1.54) is 49.8 Å². The van der Waals surface area contributed by atoms with E-state index in [1.54, 1.807) is 6.33 Å². The zero-order valence-corrected chi connectivity index (χ0v) is 12.9. The van der Waals surface area contributed by atoms with Gasteiger partial charge in [0.15, 0.2) is 0 Å². The highest BCUT2D eigenvalue weighted by atomic mass is 15.0. The van der Waals surface area contributed by atoms with Gasteiger partial charge in [-0.3, -0.25) is 0 Å². The molecule has 1 saturated carbocycles. The maximum absolute atomic E-state index is 4.56. The van der Waals surface area contributed by atoms with Crippen LogP contribution in [-0.4, -0.2) is 16.0 Å². The quantitative estimate of drug-likeness (QED) is 0.905. The third-order valence-corrected chi connectivity index (χ3v) is 5.12. The number of nitrogens with one attached hydrogen (secondary N) is 1. The van der Waals surface area contributed by atoms with E-state index in [2.05, 4.69) is 29.1 Å². The second-order valence-electron chi connectivity index (χ2n) is 6.80. The highest BCUT2D eigenvalue weighted by Crippen LogP contribution is 2.33. The van der Waals surface area contributed by atoms with Gasteiger partial charge in [-0.15, -0.1) is 0 Å². The average molecular weight is 273 g/mol. The fraction of sp³-hybridized carbons (Fsp3) is 0.765. The summed E-state index contributed by atoms with van der Waals surface area (Å²) >= 11 is 0. The van der Waals surface area contributed by atoms with Crippen LogP contribution in [0.25, 0.3) is 0 Å². The van der Waals surface area contributed by atoms with Crippen molar-refractivity contribution in [3.8, 4) is 0 Å². The predicted octanol–water partition coefficient (Wildman–Crippen LogP) is 3.98. The van der Waals surface area contributed by atoms with Gasteiger partial charge in [0.1, 0.15) is 12.1 Å². The van der Waals surface area contributed by atoms with Crippen molar-refractivity contribution in [2.75, 3.05) is 5.32 Å². The summed E-state index contributed by atoms with van der Waals surface area (Å²) in [6.07, 6.45) is 12.0. The Morgan fingerprint density at radius 2 is 1.85 bits per heavy atom. The number of aryl methyl sites for hydroxylation is 1. The van der Waals surface area contributed by atoms with Crippen LogP contribution in [0, 0.1) is 11.8 Å². The molecular weight excluding hydrogens is 246 g/mol. The Labute approximate surface area is 122 Å². The molecule has 1 aromatic heterocycles. The van der Waals surface area contributed by atoms with E-state index in [-0.39, 0.29) is 0 Å². The zero-order valence-electron chi connectivity index (χ0n) is 12.9. The standard InChI is InChI=1S/C17H27N3/c1-12(2)13-7-3-6-10-16(13)20-17-14-8-4-5-9-15(14)18-11-19-17/h11-13,16H,3-10H2,1-2H3,(H,18,19,20). The first-order valence-corrected chi connectivity index (χ1v) is 8.35. The Balaban J connectivity index is 1.79. The molecule has 0 amide bonds. The molecule has 20 heavy (non-hydrogen) atoms. The van der Waals surface area contributed by atoms with Crippen molar-refractivity contribution in [1.82, 2.24) is 9.97 Å². The molecule has 1 heterocycles. The molecule has 1 aromatic rings. The van der Waals surface area contributed by atoms with Crippen LogP contribution in [0.4, 0.5) is 5.82 Å². The van der Waals surface area contributed by atoms with Crippen molar-refractivity contribution < 1.29 is 0 Å². The topological polar surface area (TPSA) is 37.8 Å². The van der Waals surface area contributed by atoms with Crippen molar-refractivity contribution in [1.29, 1.82) is 0 Å². The van der Waals surface area contributed by atoms with E-state index in [9.17, 15) is 0 Å². The fourth-order valence-electron chi connectivity index (χ4n) is 3.96. The van der Waals surface area contributed by atoms with Gasteiger partial charge in [0.2, 0.25) is 0 Å². The molecular formula is C17H27N3. The molecule has 2 aliphatic rings. The van der Waals surface area contributed by atoms with E-state index in [0.717, 1.165) is 30.5 Å². The van der Waals surface area contributed by atoms with E-state index in [0.29, 0.717) is 6.04 Å². The van der Waals surface area contributed by atoms with Gasteiger partial charge in [0.05, 0.1) is 0 Å². The summed E-state index contributed by atoms with van der Waals surface area (Å²) < 4.78 is 0. The number of nitrogens with zero attached hydrogens (tertiary/aromatic N) is 2. The number of aromatic nitrogens is 2. The summed E-state index contributed by atoms with van der Waals surface area (Å²) in [5.74, 6) is 2.68. The molecule has 2 atom stereocenters. The molecule has 1 N–H and O–H groups in total. The normalized spacial score (nSPS) is 26.4. The van der Waals surface area contributed by atoms with Gasteiger partial charge in [-0.05, 0) is 50.4 Å². The first-order valence-electron chi connectivity index (χ1n) is 8.35. The van der Waals surface area contributed by atoms with Crippen LogP contribution in [0.1, 0.15) is 63.6 Å². The number of fused-ring (bicyclic) bond motifs is 1. The van der Waals surface area contributed by atoms with Crippen molar-refractivity contribution in [3.05, 3.63) is 17.6 Å². The summed E-state index contributed by atoms with van der Waals surface area (Å²) in [4.78, 5) is 9.03. The van der Waals surface area contributed by atoms with Gasteiger partial charge < -0.3 is 5.32 Å². The Morgan fingerprint density at radius 1 is 1.05 bits per heavy atom. The largest absolute Gasteiger partial charge is 0.367 e. The van der Waals surface area contributed by atoms with Crippen LogP contribution in [-0.2, 0) is 12.8 Å². The lowest BCUT2D eigenvalue weighted by Gasteiger charge is -2.36. The first kappa shape index (κ1) is 13.8. The van der Waals surface area contributed by atoms with Crippen molar-refractivity contribution in [2.24, 2.45) is 11.8 Å². The van der Waals surface area contributed by atoms with Gasteiger partial charge in [-0.1, -0.05) is 26.7 Å². The van der Waals surface area contributed by atoms with Crippen LogP contribution >= 0.6 is 0 Å². The average Bonchev–Trinajstić information content (AvgIpc) is 2.48. The minimum absolute atomic E-state index is 0.602. The summed E-state index contributed by atoms with van der Waals surface area (Å²) in [6.45, 7) is 4.72. The molecule has 0 saturated heterocycles. The van der Waals surface area contributed by atoms with Crippen molar-refractivity contribution in [3.63, 3.8) is 0 Å². The minimum atomic E-state index is 0.602. The first-order chi connectivity index (χ1) is 9.75. The molecule has 0 spiro atoms. The van der Waals surface area contributed by atoms with Gasteiger partial charge in [-0.25, -0.2) is 9.97 Å². The maximum atomic E-state index is 4.56. The fourth-order valence-corrected chi connectivity index (χ4v) is 3.96. The number of anilines is 1. The molecule has 3 heteroatoms. The van der Waals surface area contributed by atoms with Crippen LogP contribution < -0.4 is 5.32 Å². The van der Waals surface area contributed by atoms with E-state index < -0.39 is 0 Å². The monoisotopic (exact) mass is 273 g/mol. The van der Waals surface area contributed by atoms with Crippen LogP contribution in [0.2, 0.25) is 0 Å². The number of hydrogen-bond acceptors (Lipinski definition) is 3. The Hall–Kier alpha value is -1.12. The second-order valence-corrected chi connectivity index (χ2v) is 6.80. The molecule has 2 unspecified atom stereocenters. The Bertz CT molecular complexity index is 456. The molecule has 3 rings (SSSR count). The summed E-state index contributed by atoms with van der Waals surface area (Å²) in [7, 11) is 0. The second kappa shape index (κ2) is 6.11. The van der Waals surface area contributed by atoms with Gasteiger partial charge in [-0.2, -0.15) is 0 Å².